The van der Waals surface area contributed by atoms with Crippen LogP contribution in [0, 0.1) is 23.5 Å². The predicted molar refractivity (Wildman–Crippen MR) is 78.5 cm³/mol. The van der Waals surface area contributed by atoms with E-state index in [1.165, 1.54) is 23.1 Å². The van der Waals surface area contributed by atoms with E-state index in [4.69, 9.17) is 0 Å². The van der Waals surface area contributed by atoms with Crippen molar-refractivity contribution in [2.45, 2.75) is 19.4 Å². The topological polar surface area (TPSA) is 59.8 Å². The van der Waals surface area contributed by atoms with Gasteiger partial charge in [0, 0.05) is 18.2 Å². The van der Waals surface area contributed by atoms with Crippen LogP contribution in [-0.4, -0.2) is 20.5 Å². The smallest absolute Gasteiger partial charge is 0.226 e. The summed E-state index contributed by atoms with van der Waals surface area (Å²) in [5.74, 6) is -1.30. The lowest BCUT2D eigenvalue weighted by molar-refractivity contribution is -0.123. The van der Waals surface area contributed by atoms with Crippen LogP contribution in [0.5, 0.6) is 0 Å². The van der Waals surface area contributed by atoms with Crippen molar-refractivity contribution in [3.05, 3.63) is 53.5 Å². The summed E-state index contributed by atoms with van der Waals surface area (Å²) >= 11 is 0. The van der Waals surface area contributed by atoms with Gasteiger partial charge in [-0.05, 0) is 23.6 Å². The molecule has 0 unspecified atom stereocenters. The van der Waals surface area contributed by atoms with E-state index in [-0.39, 0.29) is 11.7 Å². The van der Waals surface area contributed by atoms with Crippen molar-refractivity contribution in [2.75, 3.05) is 5.32 Å². The fourth-order valence-electron chi connectivity index (χ4n) is 3.45. The molecule has 5 nitrogen and oxygen atoms in total. The number of ketones is 1. The van der Waals surface area contributed by atoms with Crippen molar-refractivity contribution in [3.63, 3.8) is 0 Å². The highest BCUT2D eigenvalue weighted by atomic mass is 19.1. The van der Waals surface area contributed by atoms with Crippen molar-refractivity contribution in [2.24, 2.45) is 11.8 Å². The number of carbonyl (C=O) groups excluding carboxylic acids is 1. The first-order chi connectivity index (χ1) is 11.0. The predicted octanol–water partition coefficient (Wildman–Crippen LogP) is 2.68. The lowest BCUT2D eigenvalue weighted by Crippen LogP contribution is -2.40. The van der Waals surface area contributed by atoms with Crippen LogP contribution in [0.4, 0.5) is 14.7 Å². The molecule has 0 amide bonds. The average Bonchev–Trinajstić information content (AvgIpc) is 2.91. The Labute approximate surface area is 131 Å². The van der Waals surface area contributed by atoms with Gasteiger partial charge in [-0.25, -0.2) is 13.5 Å². The first-order valence-electron chi connectivity index (χ1n) is 7.40. The Bertz CT molecular complexity index is 809. The molecule has 0 bridgehead atoms. The molecule has 0 radical (unpaired) electrons. The summed E-state index contributed by atoms with van der Waals surface area (Å²) in [7, 11) is 0. The van der Waals surface area contributed by atoms with Crippen LogP contribution in [0.2, 0.25) is 0 Å². The summed E-state index contributed by atoms with van der Waals surface area (Å²) in [6.45, 7) is 1.96. The van der Waals surface area contributed by atoms with E-state index in [0.29, 0.717) is 17.9 Å². The van der Waals surface area contributed by atoms with Gasteiger partial charge in [0.25, 0.3) is 0 Å². The highest BCUT2D eigenvalue weighted by molar-refractivity contribution is 5.87. The maximum atomic E-state index is 13.7. The first kappa shape index (κ1) is 14.0. The second-order valence-electron chi connectivity index (χ2n) is 6.05. The molecule has 4 rings (SSSR count). The molecule has 1 aliphatic carbocycles. The van der Waals surface area contributed by atoms with Crippen LogP contribution in [0.1, 0.15) is 24.9 Å². The summed E-state index contributed by atoms with van der Waals surface area (Å²) < 4.78 is 28.9. The quantitative estimate of drug-likeness (QED) is 0.879. The zero-order valence-electron chi connectivity index (χ0n) is 12.3. The minimum atomic E-state index is -0.678. The molecular formula is C16H14F2N4O. The fourth-order valence-corrected chi connectivity index (χ4v) is 3.45. The van der Waals surface area contributed by atoms with Gasteiger partial charge in [-0.15, -0.1) is 0 Å². The Morgan fingerprint density at radius 1 is 1.26 bits per heavy atom. The minimum absolute atomic E-state index is 0.0262. The van der Waals surface area contributed by atoms with Crippen molar-refractivity contribution >= 4 is 11.7 Å². The van der Waals surface area contributed by atoms with E-state index < -0.39 is 23.6 Å². The molecule has 2 aliphatic rings. The summed E-state index contributed by atoms with van der Waals surface area (Å²) in [4.78, 5) is 16.7. The number of rotatable bonds is 1. The van der Waals surface area contributed by atoms with Crippen LogP contribution in [0.15, 0.2) is 36.3 Å². The molecule has 0 fully saturated rings. The van der Waals surface area contributed by atoms with Crippen LogP contribution in [-0.2, 0) is 4.79 Å². The van der Waals surface area contributed by atoms with E-state index >= 15 is 0 Å². The monoisotopic (exact) mass is 316 g/mol. The minimum Gasteiger partial charge on any atom is -0.328 e. The third-order valence-corrected chi connectivity index (χ3v) is 4.30. The maximum absolute atomic E-state index is 13.7. The summed E-state index contributed by atoms with van der Waals surface area (Å²) in [6, 6.07) is 2.69. The van der Waals surface area contributed by atoms with Gasteiger partial charge in [-0.3, -0.25) is 4.79 Å². The lowest BCUT2D eigenvalue weighted by atomic mass is 9.78. The maximum Gasteiger partial charge on any atom is 0.226 e. The summed E-state index contributed by atoms with van der Waals surface area (Å²) in [6.07, 6.45) is 3.73. The largest absolute Gasteiger partial charge is 0.328 e. The number of nitrogens with one attached hydrogen (secondary N) is 1. The van der Waals surface area contributed by atoms with Gasteiger partial charge in [0.05, 0.1) is 12.0 Å². The molecule has 0 spiro atoms. The zero-order chi connectivity index (χ0) is 16.1. The Balaban J connectivity index is 1.92. The molecule has 23 heavy (non-hydrogen) atoms. The highest BCUT2D eigenvalue weighted by Crippen LogP contribution is 2.42. The molecule has 1 N–H and O–H groups in total. The number of Topliss-reactive ketones (excluding diaryl/α,β-unsaturated/α-hetero) is 1. The van der Waals surface area contributed by atoms with E-state index in [9.17, 15) is 13.6 Å². The Morgan fingerprint density at radius 2 is 2.00 bits per heavy atom. The number of aromatic nitrogens is 3. The lowest BCUT2D eigenvalue weighted by Gasteiger charge is -2.37. The first-order valence-corrected chi connectivity index (χ1v) is 7.40. The van der Waals surface area contributed by atoms with Crippen molar-refractivity contribution < 1.29 is 13.6 Å². The van der Waals surface area contributed by atoms with Crippen molar-refractivity contribution in [1.29, 1.82) is 0 Å². The number of hydrogen-bond donors (Lipinski definition) is 1. The van der Waals surface area contributed by atoms with Crippen molar-refractivity contribution in [3.8, 4) is 0 Å². The number of fused-ring (bicyclic) bond motifs is 2. The van der Waals surface area contributed by atoms with Crippen molar-refractivity contribution in [1.82, 2.24) is 14.8 Å². The normalized spacial score (nSPS) is 26.1. The van der Waals surface area contributed by atoms with E-state index in [1.54, 1.807) is 0 Å². The third kappa shape index (κ3) is 2.23. The van der Waals surface area contributed by atoms with Crippen LogP contribution in [0.3, 0.4) is 0 Å². The second-order valence-corrected chi connectivity index (χ2v) is 6.05. The Hall–Kier alpha value is -2.57. The van der Waals surface area contributed by atoms with Crippen LogP contribution < -0.4 is 5.32 Å². The number of nitrogens with zero attached hydrogens (tertiary/aromatic N) is 3. The molecule has 3 atom stereocenters. The third-order valence-electron chi connectivity index (χ3n) is 4.30. The van der Waals surface area contributed by atoms with Crippen LogP contribution in [0.25, 0.3) is 0 Å². The number of allylic oxidation sites excluding steroid dienone is 2. The number of benzene rings is 1. The van der Waals surface area contributed by atoms with Gasteiger partial charge in [-0.1, -0.05) is 13.0 Å². The van der Waals surface area contributed by atoms with Crippen LogP contribution >= 0.6 is 0 Å². The number of carbonyl (C=O) groups is 1. The Kier molecular flexibility index (Phi) is 3.04. The standard InChI is InChI=1S/C16H14F2N4O/c1-8-2-12-14(13(23)3-8)15(22-16(21-12)19-7-20-22)9-4-10(17)6-11(18)5-9/h2,4-8,14-15H,3H2,1H3,(H,19,20,21)/t8-,14-,15-/m0/s1. The molecule has 0 saturated carbocycles. The molecule has 0 saturated heterocycles. The molecular weight excluding hydrogens is 302 g/mol. The molecule has 1 aromatic carbocycles. The number of halogens is 2. The number of hydrogen-bond acceptors (Lipinski definition) is 4. The molecule has 2 heterocycles. The van der Waals surface area contributed by atoms with Gasteiger partial charge in [0.2, 0.25) is 5.95 Å². The van der Waals surface area contributed by atoms with Gasteiger partial charge in [0.1, 0.15) is 23.7 Å². The molecule has 2 aromatic rings. The van der Waals surface area contributed by atoms with Gasteiger partial charge in [0.15, 0.2) is 0 Å². The Morgan fingerprint density at radius 3 is 2.74 bits per heavy atom. The van der Waals surface area contributed by atoms with E-state index in [2.05, 4.69) is 15.4 Å². The van der Waals surface area contributed by atoms with E-state index in [0.717, 1.165) is 11.8 Å². The molecule has 7 heteroatoms. The fraction of sp³-hybridized carbons (Fsp3) is 0.312. The van der Waals surface area contributed by atoms with E-state index in [1.807, 2.05) is 13.0 Å². The number of anilines is 1. The SMILES string of the molecule is C[C@H]1C=C2Nc3ncnn3[C@@H](c3cc(F)cc(F)c3)[C@@H]2C(=O)C1. The zero-order valence-corrected chi connectivity index (χ0v) is 12.3. The molecule has 1 aromatic heterocycles. The highest BCUT2D eigenvalue weighted by Gasteiger charge is 2.42. The average molecular weight is 316 g/mol. The van der Waals surface area contributed by atoms with Gasteiger partial charge < -0.3 is 5.32 Å². The van der Waals surface area contributed by atoms with Gasteiger partial charge in [-0.2, -0.15) is 10.1 Å². The second kappa shape index (κ2) is 4.97. The van der Waals surface area contributed by atoms with Gasteiger partial charge >= 0.3 is 0 Å². The molecule has 118 valence electrons. The molecule has 1 aliphatic heterocycles. The summed E-state index contributed by atoms with van der Waals surface area (Å²) in [5, 5.41) is 7.25. The summed E-state index contributed by atoms with van der Waals surface area (Å²) in [5.41, 5.74) is 1.10.